The molecule has 1 aliphatic heterocycles. The number of hydrogen-bond acceptors (Lipinski definition) is 3. The van der Waals surface area contributed by atoms with E-state index in [1.165, 1.54) is 7.11 Å². The van der Waals surface area contributed by atoms with Crippen molar-refractivity contribution in [2.45, 2.75) is 25.8 Å². The number of nitrogens with zero attached hydrogens (tertiary/aromatic N) is 1. The summed E-state index contributed by atoms with van der Waals surface area (Å²) in [7, 11) is 1.43. The second-order valence-electron chi connectivity index (χ2n) is 3.40. The fourth-order valence-electron chi connectivity index (χ4n) is 1.61. The standard InChI is InChI=1S/C9H18N2O2/c1-8-4-3-5-10-6-7-11(8)9(12)13-2/h8,10H,3-7H2,1-2H3. The maximum atomic E-state index is 11.3. The third-order valence-corrected chi connectivity index (χ3v) is 2.45. The minimum absolute atomic E-state index is 0.212. The largest absolute Gasteiger partial charge is 0.453 e. The van der Waals surface area contributed by atoms with Crippen LogP contribution < -0.4 is 5.32 Å². The van der Waals surface area contributed by atoms with Gasteiger partial charge in [-0.05, 0) is 26.3 Å². The maximum absolute atomic E-state index is 11.3. The van der Waals surface area contributed by atoms with Crippen LogP contribution in [0.4, 0.5) is 4.79 Å². The zero-order valence-corrected chi connectivity index (χ0v) is 8.38. The molecule has 1 heterocycles. The van der Waals surface area contributed by atoms with Crippen LogP contribution in [0.2, 0.25) is 0 Å². The van der Waals surface area contributed by atoms with E-state index in [-0.39, 0.29) is 6.09 Å². The molecule has 76 valence electrons. The van der Waals surface area contributed by atoms with E-state index in [2.05, 4.69) is 12.2 Å². The van der Waals surface area contributed by atoms with Crippen molar-refractivity contribution in [2.24, 2.45) is 0 Å². The van der Waals surface area contributed by atoms with Gasteiger partial charge in [0.05, 0.1) is 7.11 Å². The summed E-state index contributed by atoms with van der Waals surface area (Å²) in [6, 6.07) is 0.301. The van der Waals surface area contributed by atoms with Gasteiger partial charge in [-0.3, -0.25) is 0 Å². The van der Waals surface area contributed by atoms with E-state index in [0.29, 0.717) is 6.04 Å². The molecule has 0 bridgehead atoms. The van der Waals surface area contributed by atoms with Crippen LogP contribution in [-0.4, -0.2) is 43.8 Å². The van der Waals surface area contributed by atoms with Gasteiger partial charge in [-0.15, -0.1) is 0 Å². The minimum Gasteiger partial charge on any atom is -0.453 e. The molecule has 13 heavy (non-hydrogen) atoms. The smallest absolute Gasteiger partial charge is 0.409 e. The molecule has 1 aliphatic rings. The first-order valence-corrected chi connectivity index (χ1v) is 4.81. The van der Waals surface area contributed by atoms with Crippen LogP contribution in [0.15, 0.2) is 0 Å². The number of amides is 1. The molecule has 0 spiro atoms. The first kappa shape index (κ1) is 10.3. The molecule has 0 aromatic rings. The number of hydrogen-bond donors (Lipinski definition) is 1. The van der Waals surface area contributed by atoms with Gasteiger partial charge in [-0.2, -0.15) is 0 Å². The molecule has 4 nitrogen and oxygen atoms in total. The van der Waals surface area contributed by atoms with E-state index >= 15 is 0 Å². The van der Waals surface area contributed by atoms with Crippen molar-refractivity contribution < 1.29 is 9.53 Å². The van der Waals surface area contributed by atoms with Gasteiger partial charge in [0.25, 0.3) is 0 Å². The summed E-state index contributed by atoms with van der Waals surface area (Å²) in [5.41, 5.74) is 0. The van der Waals surface area contributed by atoms with Crippen molar-refractivity contribution in [2.75, 3.05) is 26.7 Å². The van der Waals surface area contributed by atoms with Gasteiger partial charge in [-0.25, -0.2) is 4.79 Å². The Labute approximate surface area is 79.2 Å². The van der Waals surface area contributed by atoms with E-state index in [1.807, 2.05) is 0 Å². The van der Waals surface area contributed by atoms with Gasteiger partial charge < -0.3 is 15.0 Å². The monoisotopic (exact) mass is 186 g/mol. The summed E-state index contributed by atoms with van der Waals surface area (Å²) >= 11 is 0. The number of methoxy groups -OCH3 is 1. The van der Waals surface area contributed by atoms with Gasteiger partial charge in [-0.1, -0.05) is 0 Å². The molecule has 0 saturated carbocycles. The SMILES string of the molecule is COC(=O)N1CCNCCCC1C. The van der Waals surface area contributed by atoms with Crippen LogP contribution >= 0.6 is 0 Å². The molecule has 0 aliphatic carbocycles. The summed E-state index contributed by atoms with van der Waals surface area (Å²) in [6.07, 6.45) is 1.95. The van der Waals surface area contributed by atoms with Gasteiger partial charge in [0.1, 0.15) is 0 Å². The highest BCUT2D eigenvalue weighted by Crippen LogP contribution is 2.09. The van der Waals surface area contributed by atoms with Crippen molar-refractivity contribution in [3.8, 4) is 0 Å². The zero-order valence-electron chi connectivity index (χ0n) is 8.38. The first-order valence-electron chi connectivity index (χ1n) is 4.81. The molecule has 1 saturated heterocycles. The zero-order chi connectivity index (χ0) is 9.68. The Morgan fingerprint density at radius 1 is 1.54 bits per heavy atom. The van der Waals surface area contributed by atoms with E-state index < -0.39 is 0 Å². The summed E-state index contributed by atoms with van der Waals surface area (Å²) < 4.78 is 4.72. The maximum Gasteiger partial charge on any atom is 0.409 e. The predicted molar refractivity (Wildman–Crippen MR) is 50.7 cm³/mol. The van der Waals surface area contributed by atoms with Gasteiger partial charge in [0, 0.05) is 19.1 Å². The van der Waals surface area contributed by atoms with Crippen molar-refractivity contribution in [3.05, 3.63) is 0 Å². The lowest BCUT2D eigenvalue weighted by Crippen LogP contribution is -2.44. The van der Waals surface area contributed by atoms with Gasteiger partial charge in [0.2, 0.25) is 0 Å². The normalized spacial score (nSPS) is 24.8. The molecule has 1 unspecified atom stereocenters. The average Bonchev–Trinajstić information content (AvgIpc) is 2.11. The lowest BCUT2D eigenvalue weighted by molar-refractivity contribution is 0.103. The number of rotatable bonds is 0. The highest BCUT2D eigenvalue weighted by molar-refractivity contribution is 5.67. The third-order valence-electron chi connectivity index (χ3n) is 2.45. The second kappa shape index (κ2) is 5.07. The van der Waals surface area contributed by atoms with Crippen molar-refractivity contribution in [1.29, 1.82) is 0 Å². The summed E-state index contributed by atoms with van der Waals surface area (Å²) in [5.74, 6) is 0. The van der Waals surface area contributed by atoms with E-state index in [9.17, 15) is 4.79 Å². The van der Waals surface area contributed by atoms with E-state index in [4.69, 9.17) is 4.74 Å². The topological polar surface area (TPSA) is 41.6 Å². The van der Waals surface area contributed by atoms with E-state index in [0.717, 1.165) is 32.5 Å². The molecule has 1 fully saturated rings. The molecular weight excluding hydrogens is 168 g/mol. The Kier molecular flexibility index (Phi) is 4.02. The Balaban J connectivity index is 2.50. The van der Waals surface area contributed by atoms with Crippen LogP contribution in [-0.2, 0) is 4.74 Å². The lowest BCUT2D eigenvalue weighted by Gasteiger charge is -2.30. The number of carbonyl (C=O) groups excluding carboxylic acids is 1. The van der Waals surface area contributed by atoms with Crippen LogP contribution in [0.25, 0.3) is 0 Å². The average molecular weight is 186 g/mol. The first-order chi connectivity index (χ1) is 6.25. The Morgan fingerprint density at radius 3 is 3.00 bits per heavy atom. The van der Waals surface area contributed by atoms with Gasteiger partial charge >= 0.3 is 6.09 Å². The van der Waals surface area contributed by atoms with Crippen LogP contribution in [0.1, 0.15) is 19.8 Å². The molecule has 1 atom stereocenters. The predicted octanol–water partition coefficient (Wildman–Crippen LogP) is 0.827. The molecule has 0 radical (unpaired) electrons. The molecule has 0 aromatic heterocycles. The molecule has 4 heteroatoms. The lowest BCUT2D eigenvalue weighted by atomic mass is 10.1. The van der Waals surface area contributed by atoms with Crippen LogP contribution in [0.5, 0.6) is 0 Å². The van der Waals surface area contributed by atoms with Crippen molar-refractivity contribution in [1.82, 2.24) is 10.2 Å². The highest BCUT2D eigenvalue weighted by atomic mass is 16.5. The molecule has 1 amide bonds. The Hall–Kier alpha value is -0.770. The van der Waals surface area contributed by atoms with Crippen LogP contribution in [0, 0.1) is 0 Å². The van der Waals surface area contributed by atoms with E-state index in [1.54, 1.807) is 4.90 Å². The fourth-order valence-corrected chi connectivity index (χ4v) is 1.61. The summed E-state index contributed by atoms with van der Waals surface area (Å²) in [6.45, 7) is 4.73. The molecule has 1 rings (SSSR count). The Bertz CT molecular complexity index is 173. The molecule has 0 aromatic carbocycles. The molecular formula is C9H18N2O2. The second-order valence-corrected chi connectivity index (χ2v) is 3.40. The number of ether oxygens (including phenoxy) is 1. The molecule has 1 N–H and O–H groups in total. The van der Waals surface area contributed by atoms with Crippen molar-refractivity contribution in [3.63, 3.8) is 0 Å². The van der Waals surface area contributed by atoms with Gasteiger partial charge in [0.15, 0.2) is 0 Å². The van der Waals surface area contributed by atoms with Crippen LogP contribution in [0.3, 0.4) is 0 Å². The fraction of sp³-hybridized carbons (Fsp3) is 0.889. The summed E-state index contributed by atoms with van der Waals surface area (Å²) in [4.78, 5) is 13.1. The van der Waals surface area contributed by atoms with Crippen molar-refractivity contribution >= 4 is 6.09 Å². The quantitative estimate of drug-likeness (QED) is 0.609. The third kappa shape index (κ3) is 2.88. The highest BCUT2D eigenvalue weighted by Gasteiger charge is 2.20. The number of nitrogens with one attached hydrogen (secondary N) is 1. The Morgan fingerprint density at radius 2 is 2.31 bits per heavy atom. The summed E-state index contributed by atoms with van der Waals surface area (Å²) in [5, 5.41) is 3.27. The number of carbonyl (C=O) groups is 1. The minimum atomic E-state index is -0.212.